The Morgan fingerprint density at radius 3 is 2.52 bits per heavy atom. The first-order valence-corrected chi connectivity index (χ1v) is 10.5. The first kappa shape index (κ1) is 15.6. The van der Waals surface area contributed by atoms with E-state index in [-0.39, 0.29) is 0 Å². The number of rotatable bonds is 1. The average molecular weight is 348 g/mol. The number of aromatic nitrogens is 1. The van der Waals surface area contributed by atoms with E-state index in [0.29, 0.717) is 0 Å². The molecule has 128 valence electrons. The molecule has 2 aromatic heterocycles. The topological polar surface area (TPSA) is 12.9 Å². The number of aryl methyl sites for hydroxylation is 2. The van der Waals surface area contributed by atoms with Crippen molar-refractivity contribution in [1.29, 1.82) is 0 Å². The molecule has 3 aromatic rings. The summed E-state index contributed by atoms with van der Waals surface area (Å²) in [6, 6.07) is 11.1. The van der Waals surface area contributed by atoms with E-state index in [0.717, 1.165) is 18.3 Å². The predicted molar refractivity (Wildman–Crippen MR) is 107 cm³/mol. The van der Waals surface area contributed by atoms with Gasteiger partial charge in [-0.25, -0.2) is 4.98 Å². The van der Waals surface area contributed by atoms with Crippen LogP contribution in [-0.2, 0) is 25.7 Å². The number of hydrogen-bond acceptors (Lipinski definition) is 2. The Morgan fingerprint density at radius 2 is 1.68 bits per heavy atom. The molecule has 0 aliphatic heterocycles. The molecule has 0 bridgehead atoms. The second-order valence-corrected chi connectivity index (χ2v) is 9.24. The van der Waals surface area contributed by atoms with Crippen molar-refractivity contribution in [3.8, 4) is 11.1 Å². The minimum absolute atomic E-state index is 0.767. The maximum absolute atomic E-state index is 5.18. The van der Waals surface area contributed by atoms with Crippen molar-refractivity contribution in [2.45, 2.75) is 52.4 Å². The summed E-state index contributed by atoms with van der Waals surface area (Å²) in [5.41, 5.74) is 7.43. The second kappa shape index (κ2) is 5.95. The van der Waals surface area contributed by atoms with E-state index in [4.69, 9.17) is 4.98 Å². The fourth-order valence-corrected chi connectivity index (χ4v) is 6.15. The maximum Gasteiger partial charge on any atom is 0.124 e. The average Bonchev–Trinajstić information content (AvgIpc) is 2.97. The highest BCUT2D eigenvalue weighted by molar-refractivity contribution is 7.19. The predicted octanol–water partition coefficient (Wildman–Crippen LogP) is 6.21. The van der Waals surface area contributed by atoms with Crippen molar-refractivity contribution in [2.75, 3.05) is 0 Å². The number of thiophene rings is 1. The maximum atomic E-state index is 5.18. The number of hydrogen-bond donors (Lipinski definition) is 0. The number of benzene rings is 1. The lowest BCUT2D eigenvalue weighted by molar-refractivity contribution is 0.496. The minimum atomic E-state index is 0.767. The lowest BCUT2D eigenvalue weighted by atomic mass is 9.81. The standard InChI is InChI=1S/C23H25NS/c1-14-9-11-19-18(12-14)21(16-6-4-3-5-7-16)22-17-10-8-15(2)13-20(17)25-23(22)24-19/h3-7,14-15H,8-13H2,1-2H3. The molecule has 2 unspecified atom stereocenters. The zero-order chi connectivity index (χ0) is 17.0. The summed E-state index contributed by atoms with van der Waals surface area (Å²) < 4.78 is 0. The normalized spacial score (nSPS) is 22.6. The molecule has 2 heteroatoms. The third-order valence-electron chi connectivity index (χ3n) is 6.12. The highest BCUT2D eigenvalue weighted by atomic mass is 32.1. The van der Waals surface area contributed by atoms with E-state index in [1.165, 1.54) is 64.7 Å². The molecule has 2 aliphatic rings. The van der Waals surface area contributed by atoms with Gasteiger partial charge in [-0.15, -0.1) is 11.3 Å². The summed E-state index contributed by atoms with van der Waals surface area (Å²) in [6.07, 6.45) is 7.40. The lowest BCUT2D eigenvalue weighted by Crippen LogP contribution is -2.15. The first-order chi connectivity index (χ1) is 12.2. The fourth-order valence-electron chi connectivity index (χ4n) is 4.74. The van der Waals surface area contributed by atoms with E-state index >= 15 is 0 Å². The van der Waals surface area contributed by atoms with E-state index in [2.05, 4.69) is 44.2 Å². The van der Waals surface area contributed by atoms with Crippen LogP contribution in [-0.4, -0.2) is 4.98 Å². The second-order valence-electron chi connectivity index (χ2n) is 8.16. The summed E-state index contributed by atoms with van der Waals surface area (Å²) in [6.45, 7) is 4.79. The largest absolute Gasteiger partial charge is 0.242 e. The van der Waals surface area contributed by atoms with E-state index in [1.807, 2.05) is 11.3 Å². The van der Waals surface area contributed by atoms with Gasteiger partial charge in [-0.3, -0.25) is 0 Å². The highest BCUT2D eigenvalue weighted by Gasteiger charge is 2.28. The van der Waals surface area contributed by atoms with E-state index < -0.39 is 0 Å². The van der Waals surface area contributed by atoms with Crippen molar-refractivity contribution >= 4 is 21.6 Å². The van der Waals surface area contributed by atoms with Gasteiger partial charge in [0, 0.05) is 16.0 Å². The van der Waals surface area contributed by atoms with Crippen LogP contribution >= 0.6 is 11.3 Å². The van der Waals surface area contributed by atoms with Gasteiger partial charge in [-0.2, -0.15) is 0 Å². The molecule has 25 heavy (non-hydrogen) atoms. The van der Waals surface area contributed by atoms with E-state index in [9.17, 15) is 0 Å². The molecule has 0 saturated carbocycles. The van der Waals surface area contributed by atoms with Gasteiger partial charge in [0.05, 0.1) is 0 Å². The van der Waals surface area contributed by atoms with E-state index in [1.54, 1.807) is 10.4 Å². The molecule has 0 amide bonds. The molecule has 2 heterocycles. The summed E-state index contributed by atoms with van der Waals surface area (Å²) in [7, 11) is 0. The van der Waals surface area contributed by atoms with Crippen molar-refractivity contribution < 1.29 is 0 Å². The minimum Gasteiger partial charge on any atom is -0.242 e. The third kappa shape index (κ3) is 2.54. The van der Waals surface area contributed by atoms with Crippen molar-refractivity contribution in [1.82, 2.24) is 4.98 Å². The third-order valence-corrected chi connectivity index (χ3v) is 7.27. The van der Waals surface area contributed by atoms with Crippen LogP contribution in [0.3, 0.4) is 0 Å². The smallest absolute Gasteiger partial charge is 0.124 e. The van der Waals surface area contributed by atoms with Gasteiger partial charge < -0.3 is 0 Å². The Labute approximate surface area is 154 Å². The Kier molecular flexibility index (Phi) is 3.71. The molecule has 0 radical (unpaired) electrons. The Hall–Kier alpha value is -1.67. The number of nitrogens with zero attached hydrogens (tertiary/aromatic N) is 1. The quantitative estimate of drug-likeness (QED) is 0.510. The van der Waals surface area contributed by atoms with Crippen LogP contribution in [0.2, 0.25) is 0 Å². The molecule has 2 aliphatic carbocycles. The first-order valence-electron chi connectivity index (χ1n) is 9.72. The zero-order valence-corrected chi connectivity index (χ0v) is 16.0. The lowest BCUT2D eigenvalue weighted by Gasteiger charge is -2.25. The van der Waals surface area contributed by atoms with Gasteiger partial charge in [0.25, 0.3) is 0 Å². The Balaban J connectivity index is 1.85. The molecule has 0 spiro atoms. The van der Waals surface area contributed by atoms with Gasteiger partial charge in [0.1, 0.15) is 4.83 Å². The van der Waals surface area contributed by atoms with Crippen LogP contribution in [0, 0.1) is 11.8 Å². The number of fused-ring (bicyclic) bond motifs is 4. The zero-order valence-electron chi connectivity index (χ0n) is 15.1. The monoisotopic (exact) mass is 347 g/mol. The summed E-state index contributed by atoms with van der Waals surface area (Å²) >= 11 is 1.97. The van der Waals surface area contributed by atoms with Gasteiger partial charge in [-0.1, -0.05) is 44.2 Å². The van der Waals surface area contributed by atoms with Crippen molar-refractivity contribution in [3.63, 3.8) is 0 Å². The van der Waals surface area contributed by atoms with Gasteiger partial charge in [0.15, 0.2) is 0 Å². The highest BCUT2D eigenvalue weighted by Crippen LogP contribution is 2.45. The summed E-state index contributed by atoms with van der Waals surface area (Å²) in [4.78, 5) is 8.09. The molecule has 0 N–H and O–H groups in total. The van der Waals surface area contributed by atoms with Crippen LogP contribution in [0.5, 0.6) is 0 Å². The van der Waals surface area contributed by atoms with Crippen molar-refractivity contribution in [2.24, 2.45) is 11.8 Å². The molecule has 5 rings (SSSR count). The van der Waals surface area contributed by atoms with Gasteiger partial charge in [0.2, 0.25) is 0 Å². The summed E-state index contributed by atoms with van der Waals surface area (Å²) in [5, 5.41) is 1.49. The Bertz CT molecular complexity index is 938. The molecule has 0 saturated heterocycles. The van der Waals surface area contributed by atoms with Crippen LogP contribution in [0.1, 0.15) is 48.4 Å². The molecular weight excluding hydrogens is 322 g/mol. The van der Waals surface area contributed by atoms with Crippen LogP contribution < -0.4 is 0 Å². The van der Waals surface area contributed by atoms with Gasteiger partial charge in [-0.05, 0) is 72.6 Å². The Morgan fingerprint density at radius 1 is 0.920 bits per heavy atom. The molecule has 1 aromatic carbocycles. The SMILES string of the molecule is CC1CCc2c(sc3nc4c(c(-c5ccccc5)c23)CC(C)CC4)C1. The van der Waals surface area contributed by atoms with Gasteiger partial charge >= 0.3 is 0 Å². The number of pyridine rings is 1. The van der Waals surface area contributed by atoms with Crippen LogP contribution in [0.4, 0.5) is 0 Å². The molecule has 2 atom stereocenters. The molecular formula is C23H25NS. The summed E-state index contributed by atoms with van der Waals surface area (Å²) in [5.74, 6) is 1.58. The van der Waals surface area contributed by atoms with Crippen molar-refractivity contribution in [3.05, 3.63) is 52.0 Å². The van der Waals surface area contributed by atoms with Crippen LogP contribution in [0.15, 0.2) is 30.3 Å². The fraction of sp³-hybridized carbons (Fsp3) is 0.435. The molecule has 1 nitrogen and oxygen atoms in total. The van der Waals surface area contributed by atoms with Crippen LogP contribution in [0.25, 0.3) is 21.3 Å². The molecule has 0 fully saturated rings.